The van der Waals surface area contributed by atoms with Crippen molar-refractivity contribution in [3.63, 3.8) is 0 Å². The van der Waals surface area contributed by atoms with E-state index in [2.05, 4.69) is 32.5 Å². The van der Waals surface area contributed by atoms with Crippen LogP contribution < -0.4 is 21.7 Å². The molecule has 2 heterocycles. The summed E-state index contributed by atoms with van der Waals surface area (Å²) in [5.74, 6) is -0.102. The molecule has 22 heavy (non-hydrogen) atoms. The fourth-order valence-corrected chi connectivity index (χ4v) is 2.74. The van der Waals surface area contributed by atoms with Crippen LogP contribution in [0, 0.1) is 0 Å². The minimum atomic E-state index is -0.612. The smallest absolute Gasteiger partial charge is 0.256 e. The molecule has 0 saturated carbocycles. The van der Waals surface area contributed by atoms with Crippen molar-refractivity contribution in [2.75, 3.05) is 29.0 Å². The number of nitrogens with two attached hydrogens (primary N) is 2. The molecule has 1 fully saturated rings. The lowest BCUT2D eigenvalue weighted by Crippen LogP contribution is -2.29. The molecule has 3 rings (SSSR count). The van der Waals surface area contributed by atoms with Gasteiger partial charge in [0.1, 0.15) is 11.4 Å². The maximum atomic E-state index is 11.4. The van der Waals surface area contributed by atoms with Gasteiger partial charge in [-0.1, -0.05) is 0 Å². The highest BCUT2D eigenvalue weighted by Crippen LogP contribution is 2.25. The highest BCUT2D eigenvalue weighted by molar-refractivity contribution is 6.02. The summed E-state index contributed by atoms with van der Waals surface area (Å²) in [6, 6.07) is 8.04. The van der Waals surface area contributed by atoms with Crippen molar-refractivity contribution in [2.45, 2.75) is 19.3 Å². The average Bonchev–Trinajstić information content (AvgIpc) is 2.90. The van der Waals surface area contributed by atoms with Crippen LogP contribution in [0.2, 0.25) is 0 Å². The Labute approximate surface area is 128 Å². The first-order valence-corrected chi connectivity index (χ1v) is 7.41. The van der Waals surface area contributed by atoms with Gasteiger partial charge in [0.05, 0.1) is 0 Å². The van der Waals surface area contributed by atoms with Gasteiger partial charge >= 0.3 is 0 Å². The third kappa shape index (κ3) is 2.83. The van der Waals surface area contributed by atoms with Gasteiger partial charge in [-0.05, 0) is 43.5 Å². The molecule has 7 heteroatoms. The molecule has 0 unspecified atom stereocenters. The molecule has 116 valence electrons. The molecule has 2 aromatic rings. The zero-order valence-corrected chi connectivity index (χ0v) is 12.3. The highest BCUT2D eigenvalue weighted by Gasteiger charge is 2.16. The van der Waals surface area contributed by atoms with Crippen molar-refractivity contribution in [1.29, 1.82) is 0 Å². The second-order valence-electron chi connectivity index (χ2n) is 5.44. The summed E-state index contributed by atoms with van der Waals surface area (Å²) in [7, 11) is 0. The van der Waals surface area contributed by atoms with Crippen molar-refractivity contribution in [3.05, 3.63) is 29.8 Å². The van der Waals surface area contributed by atoms with E-state index >= 15 is 0 Å². The minimum Gasteiger partial charge on any atom is -0.383 e. The van der Waals surface area contributed by atoms with Gasteiger partial charge < -0.3 is 21.7 Å². The summed E-state index contributed by atoms with van der Waals surface area (Å²) in [5, 5.41) is 9.59. The van der Waals surface area contributed by atoms with Gasteiger partial charge in [0.15, 0.2) is 5.82 Å². The number of benzene rings is 1. The second kappa shape index (κ2) is 5.97. The first-order chi connectivity index (χ1) is 10.6. The fourth-order valence-electron chi connectivity index (χ4n) is 2.74. The van der Waals surface area contributed by atoms with Crippen LogP contribution in [-0.2, 0) is 0 Å². The largest absolute Gasteiger partial charge is 0.383 e. The van der Waals surface area contributed by atoms with E-state index in [1.54, 1.807) is 0 Å². The van der Waals surface area contributed by atoms with Crippen molar-refractivity contribution < 1.29 is 4.79 Å². The molecule has 7 nitrogen and oxygen atoms in total. The van der Waals surface area contributed by atoms with Gasteiger partial charge in [0.25, 0.3) is 5.91 Å². The van der Waals surface area contributed by atoms with Crippen molar-refractivity contribution in [1.82, 2.24) is 10.2 Å². The van der Waals surface area contributed by atoms with Gasteiger partial charge in [0.2, 0.25) is 0 Å². The average molecular weight is 300 g/mol. The number of nitrogens with zero attached hydrogens (tertiary/aromatic N) is 2. The molecule has 1 aliphatic heterocycles. The second-order valence-corrected chi connectivity index (χ2v) is 5.44. The van der Waals surface area contributed by atoms with E-state index in [0.717, 1.165) is 18.8 Å². The first kappa shape index (κ1) is 14.2. The lowest BCUT2D eigenvalue weighted by atomic mass is 10.1. The molecule has 0 aliphatic carbocycles. The number of H-pyrrole nitrogens is 1. The lowest BCUT2D eigenvalue weighted by molar-refractivity contribution is 0.100. The zero-order chi connectivity index (χ0) is 15.5. The Morgan fingerprint density at radius 1 is 1.18 bits per heavy atom. The SMILES string of the molecule is NC(=O)c1c(Nc2ccc(N3CCCCC3)cc2)n[nH]c1N. The Bertz CT molecular complexity index is 657. The van der Waals surface area contributed by atoms with Crippen molar-refractivity contribution >= 4 is 28.9 Å². The number of aromatic amines is 1. The molecule has 0 bridgehead atoms. The van der Waals surface area contributed by atoms with Crippen LogP contribution in [-0.4, -0.2) is 29.2 Å². The summed E-state index contributed by atoms with van der Waals surface area (Å²) in [6.07, 6.45) is 3.80. The summed E-state index contributed by atoms with van der Waals surface area (Å²) in [4.78, 5) is 13.8. The topological polar surface area (TPSA) is 113 Å². The number of anilines is 4. The van der Waals surface area contributed by atoms with Crippen LogP contribution in [0.3, 0.4) is 0 Å². The summed E-state index contributed by atoms with van der Waals surface area (Å²) >= 11 is 0. The monoisotopic (exact) mass is 300 g/mol. The molecule has 6 N–H and O–H groups in total. The van der Waals surface area contributed by atoms with Gasteiger partial charge in [-0.2, -0.15) is 5.10 Å². The third-order valence-electron chi connectivity index (χ3n) is 3.89. The number of rotatable bonds is 4. The van der Waals surface area contributed by atoms with E-state index in [-0.39, 0.29) is 11.4 Å². The highest BCUT2D eigenvalue weighted by atomic mass is 16.1. The molecule has 1 aromatic carbocycles. The number of primary amides is 1. The Morgan fingerprint density at radius 3 is 2.50 bits per heavy atom. The normalized spacial score (nSPS) is 14.8. The fraction of sp³-hybridized carbons (Fsp3) is 0.333. The van der Waals surface area contributed by atoms with Gasteiger partial charge in [0, 0.05) is 24.5 Å². The number of carbonyl (C=O) groups excluding carboxylic acids is 1. The predicted molar refractivity (Wildman–Crippen MR) is 87.3 cm³/mol. The Balaban J connectivity index is 1.75. The number of carbonyl (C=O) groups is 1. The quantitative estimate of drug-likeness (QED) is 0.688. The molecule has 0 spiro atoms. The summed E-state index contributed by atoms with van der Waals surface area (Å²) < 4.78 is 0. The third-order valence-corrected chi connectivity index (χ3v) is 3.89. The van der Waals surface area contributed by atoms with Crippen LogP contribution in [0.4, 0.5) is 23.0 Å². The summed E-state index contributed by atoms with van der Waals surface area (Å²) in [5.41, 5.74) is 13.2. The van der Waals surface area contributed by atoms with E-state index in [1.807, 2.05) is 12.1 Å². The number of nitrogen functional groups attached to an aromatic ring is 1. The molecule has 0 radical (unpaired) electrons. The first-order valence-electron chi connectivity index (χ1n) is 7.41. The standard InChI is InChI=1S/C15H20N6O/c16-13-12(14(17)22)15(20-19-13)18-10-4-6-11(7-5-10)21-8-2-1-3-9-21/h4-7H,1-3,8-9H2,(H2,17,22)(H4,16,18,19,20). The van der Waals surface area contributed by atoms with Crippen molar-refractivity contribution in [3.8, 4) is 0 Å². The van der Waals surface area contributed by atoms with E-state index in [9.17, 15) is 4.79 Å². The maximum absolute atomic E-state index is 11.4. The summed E-state index contributed by atoms with van der Waals surface area (Å²) in [6.45, 7) is 2.21. The number of hydrogen-bond acceptors (Lipinski definition) is 5. The number of aromatic nitrogens is 2. The van der Waals surface area contributed by atoms with Crippen LogP contribution in [0.5, 0.6) is 0 Å². The molecule has 1 saturated heterocycles. The van der Waals surface area contributed by atoms with Crippen LogP contribution in [0.25, 0.3) is 0 Å². The number of nitrogens with one attached hydrogen (secondary N) is 2. The number of hydrogen-bond donors (Lipinski definition) is 4. The Kier molecular flexibility index (Phi) is 3.86. The van der Waals surface area contributed by atoms with Crippen LogP contribution in [0.1, 0.15) is 29.6 Å². The van der Waals surface area contributed by atoms with E-state index in [4.69, 9.17) is 11.5 Å². The predicted octanol–water partition coefficient (Wildman–Crippen LogP) is 1.82. The van der Waals surface area contributed by atoms with Gasteiger partial charge in [-0.3, -0.25) is 9.89 Å². The van der Waals surface area contributed by atoms with Crippen LogP contribution in [0.15, 0.2) is 24.3 Å². The molecule has 0 atom stereocenters. The Morgan fingerprint density at radius 2 is 1.86 bits per heavy atom. The van der Waals surface area contributed by atoms with E-state index in [0.29, 0.717) is 5.82 Å². The van der Waals surface area contributed by atoms with E-state index in [1.165, 1.54) is 24.9 Å². The number of amides is 1. The van der Waals surface area contributed by atoms with Gasteiger partial charge in [-0.15, -0.1) is 0 Å². The maximum Gasteiger partial charge on any atom is 0.256 e. The Hall–Kier alpha value is -2.70. The molecule has 1 aliphatic rings. The lowest BCUT2D eigenvalue weighted by Gasteiger charge is -2.28. The minimum absolute atomic E-state index is 0.167. The number of piperidine rings is 1. The van der Waals surface area contributed by atoms with Crippen LogP contribution >= 0.6 is 0 Å². The van der Waals surface area contributed by atoms with E-state index < -0.39 is 5.91 Å². The zero-order valence-electron chi connectivity index (χ0n) is 12.3. The van der Waals surface area contributed by atoms with Crippen molar-refractivity contribution in [2.24, 2.45) is 5.73 Å². The van der Waals surface area contributed by atoms with Gasteiger partial charge in [-0.25, -0.2) is 0 Å². The molecular formula is C15H20N6O. The molecule has 1 amide bonds. The molecular weight excluding hydrogens is 280 g/mol. The molecule has 1 aromatic heterocycles.